The predicted molar refractivity (Wildman–Crippen MR) is 122 cm³/mol. The minimum atomic E-state index is -4.59. The maximum Gasteiger partial charge on any atom is 0.416 e. The molecule has 4 saturated carbocycles. The molecule has 0 aliphatic heterocycles. The van der Waals surface area contributed by atoms with Gasteiger partial charge in [0.2, 0.25) is 11.8 Å². The maximum absolute atomic E-state index is 13.6. The second kappa shape index (κ2) is 9.61. The number of carbonyl (C=O) groups is 2. The van der Waals surface area contributed by atoms with Crippen LogP contribution < -0.4 is 10.1 Å². The Hall–Kier alpha value is -2.33. The molecule has 194 valence electrons. The van der Waals surface area contributed by atoms with Crippen LogP contribution in [0.3, 0.4) is 0 Å². The average Bonchev–Trinajstić information content (AvgIpc) is 2.75. The molecule has 4 aliphatic carbocycles. The highest BCUT2D eigenvalue weighted by Crippen LogP contribution is 2.62. The lowest BCUT2D eigenvalue weighted by molar-refractivity contribution is -0.186. The molecule has 4 bridgehead atoms. The summed E-state index contributed by atoms with van der Waals surface area (Å²) in [5.41, 5.74) is -2.51. The Kier molecular flexibility index (Phi) is 7.07. The van der Waals surface area contributed by atoms with E-state index >= 15 is 0 Å². The SMILES string of the molecule is CCN(CC(=O)Nc1cc(C(F)(F)F)ccc1OCCOC)C(=O)C12C[C@H]3C[C@@H](CC(O)(C3)C1)C2. The minimum Gasteiger partial charge on any atom is -0.489 e. The Morgan fingerprint density at radius 1 is 1.17 bits per heavy atom. The van der Waals surface area contributed by atoms with Crippen molar-refractivity contribution in [2.75, 3.05) is 38.7 Å². The molecule has 0 saturated heterocycles. The molecule has 2 amide bonds. The molecule has 4 fully saturated rings. The third-order valence-corrected chi connectivity index (χ3v) is 7.61. The Morgan fingerprint density at radius 3 is 2.43 bits per heavy atom. The van der Waals surface area contributed by atoms with E-state index in [0.717, 1.165) is 37.5 Å². The number of ether oxygens (including phenoxy) is 2. The lowest BCUT2D eigenvalue weighted by Gasteiger charge is -2.59. The first-order chi connectivity index (χ1) is 16.5. The van der Waals surface area contributed by atoms with Gasteiger partial charge in [-0.1, -0.05) is 0 Å². The lowest BCUT2D eigenvalue weighted by atomic mass is 9.47. The number of rotatable bonds is 9. The van der Waals surface area contributed by atoms with Crippen LogP contribution in [0, 0.1) is 17.3 Å². The summed E-state index contributed by atoms with van der Waals surface area (Å²) in [5.74, 6) is -0.0479. The second-order valence-corrected chi connectivity index (χ2v) is 10.4. The number of likely N-dealkylation sites (N-methyl/N-ethyl adjacent to an activating group) is 1. The summed E-state index contributed by atoms with van der Waals surface area (Å²) in [7, 11) is 1.47. The summed E-state index contributed by atoms with van der Waals surface area (Å²) in [4.78, 5) is 28.0. The van der Waals surface area contributed by atoms with Crippen LogP contribution in [0.15, 0.2) is 18.2 Å². The number of anilines is 1. The zero-order valence-corrected chi connectivity index (χ0v) is 20.1. The monoisotopic (exact) mass is 498 g/mol. The van der Waals surface area contributed by atoms with Gasteiger partial charge in [-0.05, 0) is 75.5 Å². The molecule has 0 unspecified atom stereocenters. The lowest BCUT2D eigenvalue weighted by Crippen LogP contribution is -2.61. The van der Waals surface area contributed by atoms with E-state index in [1.165, 1.54) is 12.0 Å². The van der Waals surface area contributed by atoms with Crippen molar-refractivity contribution in [3.63, 3.8) is 0 Å². The van der Waals surface area contributed by atoms with E-state index in [2.05, 4.69) is 5.32 Å². The van der Waals surface area contributed by atoms with Gasteiger partial charge in [0.15, 0.2) is 0 Å². The van der Waals surface area contributed by atoms with Crippen molar-refractivity contribution in [1.29, 1.82) is 0 Å². The Labute approximate surface area is 202 Å². The first kappa shape index (κ1) is 25.8. The van der Waals surface area contributed by atoms with Gasteiger partial charge < -0.3 is 24.8 Å². The molecule has 5 rings (SSSR count). The number of hydrogen-bond donors (Lipinski definition) is 2. The highest BCUT2D eigenvalue weighted by atomic mass is 19.4. The summed E-state index contributed by atoms with van der Waals surface area (Å²) < 4.78 is 50.2. The maximum atomic E-state index is 13.6. The molecule has 2 N–H and O–H groups in total. The van der Waals surface area contributed by atoms with E-state index in [4.69, 9.17) is 9.47 Å². The Balaban J connectivity index is 1.48. The van der Waals surface area contributed by atoms with E-state index in [1.54, 1.807) is 6.92 Å². The van der Waals surface area contributed by atoms with Gasteiger partial charge in [0, 0.05) is 13.7 Å². The van der Waals surface area contributed by atoms with Crippen LogP contribution in [-0.4, -0.2) is 60.8 Å². The van der Waals surface area contributed by atoms with Crippen LogP contribution in [0.4, 0.5) is 18.9 Å². The fraction of sp³-hybridized carbons (Fsp3) is 0.680. The van der Waals surface area contributed by atoms with Gasteiger partial charge in [-0.2, -0.15) is 13.2 Å². The van der Waals surface area contributed by atoms with Crippen molar-refractivity contribution < 1.29 is 37.3 Å². The minimum absolute atomic E-state index is 0.0843. The molecule has 1 aromatic carbocycles. The van der Waals surface area contributed by atoms with E-state index in [0.29, 0.717) is 31.1 Å². The number of nitrogens with zero attached hydrogens (tertiary/aromatic N) is 1. The third kappa shape index (κ3) is 5.43. The van der Waals surface area contributed by atoms with Gasteiger partial charge in [-0.15, -0.1) is 0 Å². The average molecular weight is 499 g/mol. The highest BCUT2D eigenvalue weighted by molar-refractivity contribution is 5.96. The molecular formula is C25H33F3N2O5. The van der Waals surface area contributed by atoms with Gasteiger partial charge in [-0.3, -0.25) is 9.59 Å². The van der Waals surface area contributed by atoms with Crippen molar-refractivity contribution in [3.05, 3.63) is 23.8 Å². The standard InChI is InChI=1S/C25H33F3N2O5/c1-3-30(22(32)23-10-16-8-17(11-23)13-24(33,12-16)15-23)14-21(31)29-19-9-18(25(26,27)28)4-5-20(19)35-7-6-34-2/h4-5,9,16-17,33H,3,6-8,10-15H2,1-2H3,(H,29,31)/t16-,17-,23?,24?/m1/s1. The van der Waals surface area contributed by atoms with Crippen molar-refractivity contribution in [1.82, 2.24) is 4.90 Å². The van der Waals surface area contributed by atoms with Gasteiger partial charge in [-0.25, -0.2) is 0 Å². The molecule has 0 heterocycles. The van der Waals surface area contributed by atoms with Gasteiger partial charge in [0.1, 0.15) is 12.4 Å². The van der Waals surface area contributed by atoms with Gasteiger partial charge >= 0.3 is 6.18 Å². The summed E-state index contributed by atoms with van der Waals surface area (Å²) >= 11 is 0. The molecule has 4 aliphatic rings. The normalized spacial score (nSPS) is 29.2. The fourth-order valence-corrected chi connectivity index (χ4v) is 6.65. The van der Waals surface area contributed by atoms with Gasteiger partial charge in [0.05, 0.1) is 35.4 Å². The number of benzene rings is 1. The quantitative estimate of drug-likeness (QED) is 0.505. The molecule has 10 heteroatoms. The predicted octanol–water partition coefficient (Wildman–Crippen LogP) is 3.85. The van der Waals surface area contributed by atoms with Crippen LogP contribution in [0.25, 0.3) is 0 Å². The smallest absolute Gasteiger partial charge is 0.416 e. The number of carbonyl (C=O) groups excluding carboxylic acids is 2. The number of methoxy groups -OCH3 is 1. The molecule has 7 nitrogen and oxygen atoms in total. The molecule has 0 spiro atoms. The first-order valence-corrected chi connectivity index (χ1v) is 12.1. The van der Waals surface area contributed by atoms with Crippen molar-refractivity contribution in [2.45, 2.75) is 57.2 Å². The topological polar surface area (TPSA) is 88.1 Å². The van der Waals surface area contributed by atoms with Crippen molar-refractivity contribution >= 4 is 17.5 Å². The largest absolute Gasteiger partial charge is 0.489 e. The third-order valence-electron chi connectivity index (χ3n) is 7.61. The number of nitrogens with one attached hydrogen (secondary N) is 1. The van der Waals surface area contributed by atoms with Crippen LogP contribution in [-0.2, 0) is 20.5 Å². The van der Waals surface area contributed by atoms with Crippen molar-refractivity contribution in [3.8, 4) is 5.75 Å². The highest BCUT2D eigenvalue weighted by Gasteiger charge is 2.60. The Morgan fingerprint density at radius 2 is 1.86 bits per heavy atom. The van der Waals surface area contributed by atoms with Crippen LogP contribution in [0.2, 0.25) is 0 Å². The zero-order chi connectivity index (χ0) is 25.4. The Bertz CT molecular complexity index is 953. The summed E-state index contributed by atoms with van der Waals surface area (Å²) in [6.07, 6.45) is -0.254. The molecule has 2 atom stereocenters. The molecule has 0 radical (unpaired) electrons. The second-order valence-electron chi connectivity index (χ2n) is 10.4. The van der Waals surface area contributed by atoms with Crippen LogP contribution in [0.1, 0.15) is 51.0 Å². The number of hydrogen-bond acceptors (Lipinski definition) is 5. The van der Waals surface area contributed by atoms with E-state index in [1.807, 2.05) is 0 Å². The summed E-state index contributed by atoms with van der Waals surface area (Å²) in [5, 5.41) is 13.5. The first-order valence-electron chi connectivity index (χ1n) is 12.1. The molecule has 1 aromatic rings. The zero-order valence-electron chi connectivity index (χ0n) is 20.1. The molecule has 35 heavy (non-hydrogen) atoms. The molecular weight excluding hydrogens is 465 g/mol. The summed E-state index contributed by atoms with van der Waals surface area (Å²) in [6.45, 7) is 2.07. The van der Waals surface area contributed by atoms with Gasteiger partial charge in [0.25, 0.3) is 0 Å². The number of alkyl halides is 3. The number of halogens is 3. The number of amides is 2. The fourth-order valence-electron chi connectivity index (χ4n) is 6.65. The van der Waals surface area contributed by atoms with E-state index in [-0.39, 0.29) is 43.6 Å². The van der Waals surface area contributed by atoms with Crippen LogP contribution in [0.5, 0.6) is 5.75 Å². The molecule has 0 aromatic heterocycles. The van der Waals surface area contributed by atoms with Crippen molar-refractivity contribution in [2.24, 2.45) is 17.3 Å². The number of aliphatic hydroxyl groups is 1. The van der Waals surface area contributed by atoms with Crippen LogP contribution >= 0.6 is 0 Å². The van der Waals surface area contributed by atoms with E-state index in [9.17, 15) is 27.9 Å². The summed E-state index contributed by atoms with van der Waals surface area (Å²) in [6, 6.07) is 2.87. The van der Waals surface area contributed by atoms with E-state index < -0.39 is 28.7 Å².